The van der Waals surface area contributed by atoms with Gasteiger partial charge in [-0.25, -0.2) is 0 Å². The Bertz CT molecular complexity index is 1350. The van der Waals surface area contributed by atoms with Gasteiger partial charge in [0.25, 0.3) is 11.7 Å². The Kier molecular flexibility index (Phi) is 6.21. The molecule has 0 saturated carbocycles. The number of hydrogen-bond donors (Lipinski definition) is 2. The molecule has 6 nitrogen and oxygen atoms in total. The lowest BCUT2D eigenvalue weighted by Crippen LogP contribution is -2.29. The Labute approximate surface area is 202 Å². The fourth-order valence-electron chi connectivity index (χ4n) is 3.89. The standard InChI is InChI=1S/C25H17ClF3NO5/c1-35-19-10-5-14(12-18(19)26)22(32)20-21(13-3-2-4-17(31)11-13)30(24(34)23(20)33)16-8-6-15(7-9-16)25(27,28)29/h2-12,21,31-32H,1H3/b22-20-. The van der Waals surface area contributed by atoms with Gasteiger partial charge in [-0.3, -0.25) is 14.5 Å². The first-order chi connectivity index (χ1) is 16.5. The van der Waals surface area contributed by atoms with Gasteiger partial charge < -0.3 is 14.9 Å². The first-order valence-electron chi connectivity index (χ1n) is 10.1. The van der Waals surface area contributed by atoms with E-state index in [-0.39, 0.29) is 33.2 Å². The number of halogens is 4. The van der Waals surface area contributed by atoms with Crippen molar-refractivity contribution in [2.45, 2.75) is 12.2 Å². The van der Waals surface area contributed by atoms with Crippen LogP contribution in [0.15, 0.2) is 72.3 Å². The molecule has 4 rings (SSSR count). The van der Waals surface area contributed by atoms with Crippen LogP contribution in [0.25, 0.3) is 5.76 Å². The average molecular weight is 504 g/mol. The summed E-state index contributed by atoms with van der Waals surface area (Å²) in [4.78, 5) is 27.1. The summed E-state index contributed by atoms with van der Waals surface area (Å²) in [5.74, 6) is -2.51. The van der Waals surface area contributed by atoms with E-state index in [9.17, 15) is 33.0 Å². The van der Waals surface area contributed by atoms with Gasteiger partial charge in [-0.15, -0.1) is 0 Å². The number of benzene rings is 3. The van der Waals surface area contributed by atoms with Gasteiger partial charge in [-0.2, -0.15) is 13.2 Å². The number of Topliss-reactive ketones (excluding diaryl/α,β-unsaturated/α-hetero) is 1. The molecule has 1 unspecified atom stereocenters. The molecule has 0 radical (unpaired) electrons. The predicted molar refractivity (Wildman–Crippen MR) is 122 cm³/mol. The third-order valence-electron chi connectivity index (χ3n) is 5.53. The Morgan fingerprint density at radius 1 is 1.03 bits per heavy atom. The number of aliphatic hydroxyl groups excluding tert-OH is 1. The van der Waals surface area contributed by atoms with Gasteiger partial charge in [0.1, 0.15) is 17.3 Å². The van der Waals surface area contributed by atoms with Gasteiger partial charge in [0.2, 0.25) is 0 Å². The van der Waals surface area contributed by atoms with Gasteiger partial charge in [-0.1, -0.05) is 23.7 Å². The first kappa shape index (κ1) is 24.2. The van der Waals surface area contributed by atoms with Crippen molar-refractivity contribution in [1.82, 2.24) is 0 Å². The number of methoxy groups -OCH3 is 1. The molecule has 0 spiro atoms. The number of anilines is 1. The fourth-order valence-corrected chi connectivity index (χ4v) is 4.15. The molecule has 1 aliphatic heterocycles. The number of hydrogen-bond acceptors (Lipinski definition) is 5. The van der Waals surface area contributed by atoms with Crippen molar-refractivity contribution in [3.05, 3.63) is 94.0 Å². The van der Waals surface area contributed by atoms with Crippen molar-refractivity contribution in [2.24, 2.45) is 0 Å². The summed E-state index contributed by atoms with van der Waals surface area (Å²) in [5.41, 5.74) is -0.877. The van der Waals surface area contributed by atoms with Crippen LogP contribution in [0.4, 0.5) is 18.9 Å². The van der Waals surface area contributed by atoms with Crippen LogP contribution in [-0.2, 0) is 15.8 Å². The van der Waals surface area contributed by atoms with Gasteiger partial charge in [0, 0.05) is 11.3 Å². The number of aromatic hydroxyl groups is 1. The van der Waals surface area contributed by atoms with Crippen LogP contribution in [0.1, 0.15) is 22.7 Å². The Hall–Kier alpha value is -3.98. The Morgan fingerprint density at radius 2 is 1.71 bits per heavy atom. The number of nitrogens with zero attached hydrogens (tertiary/aromatic N) is 1. The molecule has 1 atom stereocenters. The van der Waals surface area contributed by atoms with Gasteiger partial charge in [-0.05, 0) is 60.2 Å². The van der Waals surface area contributed by atoms with Crippen LogP contribution in [0.5, 0.6) is 11.5 Å². The Balaban J connectivity index is 1.91. The summed E-state index contributed by atoms with van der Waals surface area (Å²) in [7, 11) is 1.40. The summed E-state index contributed by atoms with van der Waals surface area (Å²) >= 11 is 6.15. The Morgan fingerprint density at radius 3 is 2.29 bits per heavy atom. The highest BCUT2D eigenvalue weighted by Gasteiger charge is 2.47. The molecule has 2 N–H and O–H groups in total. The number of carbonyl (C=O) groups is 2. The number of phenolic OH excluding ortho intramolecular Hbond substituents is 1. The zero-order valence-electron chi connectivity index (χ0n) is 18.0. The average Bonchev–Trinajstić information content (AvgIpc) is 3.08. The lowest BCUT2D eigenvalue weighted by molar-refractivity contribution is -0.137. The normalized spacial score (nSPS) is 17.6. The molecule has 3 aromatic rings. The molecule has 1 heterocycles. The first-order valence-corrected chi connectivity index (χ1v) is 10.5. The van der Waals surface area contributed by atoms with E-state index < -0.39 is 35.2 Å². The highest BCUT2D eigenvalue weighted by molar-refractivity contribution is 6.51. The van der Waals surface area contributed by atoms with E-state index >= 15 is 0 Å². The minimum absolute atomic E-state index is 0.000237. The molecule has 180 valence electrons. The minimum Gasteiger partial charge on any atom is -0.508 e. The largest absolute Gasteiger partial charge is 0.508 e. The van der Waals surface area contributed by atoms with Gasteiger partial charge >= 0.3 is 6.18 Å². The van der Waals surface area contributed by atoms with Crippen LogP contribution in [0.2, 0.25) is 5.02 Å². The molecule has 10 heteroatoms. The number of amides is 1. The quantitative estimate of drug-likeness (QED) is 0.271. The van der Waals surface area contributed by atoms with Crippen LogP contribution >= 0.6 is 11.6 Å². The number of ether oxygens (including phenoxy) is 1. The summed E-state index contributed by atoms with van der Waals surface area (Å²) in [6.07, 6.45) is -4.59. The molecule has 0 aromatic heterocycles. The molecule has 1 amide bonds. The molecule has 3 aromatic carbocycles. The number of carbonyl (C=O) groups excluding carboxylic acids is 2. The van der Waals surface area contributed by atoms with Gasteiger partial charge in [0.15, 0.2) is 0 Å². The number of aliphatic hydroxyl groups is 1. The molecule has 1 fully saturated rings. The van der Waals surface area contributed by atoms with Crippen molar-refractivity contribution >= 4 is 34.7 Å². The second kappa shape index (κ2) is 8.99. The van der Waals surface area contributed by atoms with E-state index in [0.717, 1.165) is 29.2 Å². The van der Waals surface area contributed by atoms with Gasteiger partial charge in [0.05, 0.1) is 29.3 Å². The van der Waals surface area contributed by atoms with E-state index in [2.05, 4.69) is 0 Å². The maximum Gasteiger partial charge on any atom is 0.416 e. The molecule has 1 saturated heterocycles. The zero-order valence-corrected chi connectivity index (χ0v) is 18.8. The summed E-state index contributed by atoms with van der Waals surface area (Å²) in [6, 6.07) is 12.4. The summed E-state index contributed by atoms with van der Waals surface area (Å²) < 4.78 is 44.2. The van der Waals surface area contributed by atoms with Crippen LogP contribution < -0.4 is 9.64 Å². The van der Waals surface area contributed by atoms with E-state index in [1.165, 1.54) is 49.6 Å². The second-order valence-corrected chi connectivity index (χ2v) is 8.07. The molecular weight excluding hydrogens is 487 g/mol. The maximum atomic E-state index is 13.1. The molecular formula is C25H17ClF3NO5. The van der Waals surface area contributed by atoms with Crippen molar-refractivity contribution in [1.29, 1.82) is 0 Å². The third-order valence-corrected chi connectivity index (χ3v) is 5.82. The minimum atomic E-state index is -4.59. The van der Waals surface area contributed by atoms with Crippen LogP contribution in [-0.4, -0.2) is 29.0 Å². The van der Waals surface area contributed by atoms with E-state index in [0.29, 0.717) is 5.75 Å². The van der Waals surface area contributed by atoms with Crippen molar-refractivity contribution in [3.8, 4) is 11.5 Å². The lowest BCUT2D eigenvalue weighted by atomic mass is 9.95. The molecule has 0 aliphatic carbocycles. The third kappa shape index (κ3) is 4.42. The van der Waals surface area contributed by atoms with E-state index in [1.54, 1.807) is 0 Å². The van der Waals surface area contributed by atoms with E-state index in [1.807, 2.05) is 0 Å². The smallest absolute Gasteiger partial charge is 0.416 e. The summed E-state index contributed by atoms with van der Waals surface area (Å²) in [5, 5.41) is 21.2. The molecule has 1 aliphatic rings. The molecule has 0 bridgehead atoms. The van der Waals surface area contributed by atoms with Crippen molar-refractivity contribution < 1.29 is 37.7 Å². The van der Waals surface area contributed by atoms with E-state index in [4.69, 9.17) is 16.3 Å². The lowest BCUT2D eigenvalue weighted by Gasteiger charge is -2.26. The fraction of sp³-hybridized carbons (Fsp3) is 0.120. The summed E-state index contributed by atoms with van der Waals surface area (Å²) in [6.45, 7) is 0. The highest BCUT2D eigenvalue weighted by Crippen LogP contribution is 2.44. The zero-order chi connectivity index (χ0) is 25.5. The number of alkyl halides is 3. The predicted octanol–water partition coefficient (Wildman–Crippen LogP) is 5.70. The maximum absolute atomic E-state index is 13.1. The molecule has 35 heavy (non-hydrogen) atoms. The number of ketones is 1. The van der Waals surface area contributed by atoms with Crippen molar-refractivity contribution in [2.75, 3.05) is 12.0 Å². The van der Waals surface area contributed by atoms with Crippen LogP contribution in [0.3, 0.4) is 0 Å². The SMILES string of the molecule is COc1ccc(/C(O)=C2/C(=O)C(=O)N(c3ccc(C(F)(F)F)cc3)C2c2cccc(O)c2)cc1Cl. The van der Waals surface area contributed by atoms with Crippen LogP contribution in [0, 0.1) is 0 Å². The topological polar surface area (TPSA) is 87.1 Å². The number of rotatable bonds is 4. The van der Waals surface area contributed by atoms with Crippen molar-refractivity contribution in [3.63, 3.8) is 0 Å². The monoisotopic (exact) mass is 503 g/mol. The number of phenols is 1. The second-order valence-electron chi connectivity index (χ2n) is 7.66. The highest BCUT2D eigenvalue weighted by atomic mass is 35.5.